The number of nitrogens with zero attached hydrogens (tertiary/aromatic N) is 2. The number of hydrogen-bond acceptors (Lipinski definition) is 4. The van der Waals surface area contributed by atoms with Gasteiger partial charge in [0.2, 0.25) is 0 Å². The number of likely N-dealkylation sites (tertiary alicyclic amines) is 1. The maximum Gasteiger partial charge on any atom is 0.410 e. The molecule has 4 rings (SSSR count). The minimum atomic E-state index is -0.198. The number of carbonyl (C=O) groups excluding carboxylic acids is 1. The van der Waals surface area contributed by atoms with Crippen molar-refractivity contribution in [3.63, 3.8) is 0 Å². The Morgan fingerprint density at radius 2 is 2.03 bits per heavy atom. The smallest absolute Gasteiger partial charge is 0.410 e. The molecule has 29 heavy (non-hydrogen) atoms. The van der Waals surface area contributed by atoms with Crippen molar-refractivity contribution >= 4 is 22.0 Å². The van der Waals surface area contributed by atoms with Crippen LogP contribution in [0.2, 0.25) is 0 Å². The van der Waals surface area contributed by atoms with Crippen molar-refractivity contribution in [1.82, 2.24) is 9.88 Å². The minimum Gasteiger partial charge on any atom is -0.490 e. The zero-order chi connectivity index (χ0) is 20.5. The summed E-state index contributed by atoms with van der Waals surface area (Å²) < 4.78 is 12.6. The largest absolute Gasteiger partial charge is 0.490 e. The van der Waals surface area contributed by atoms with E-state index in [0.29, 0.717) is 5.92 Å². The first-order valence-electron chi connectivity index (χ1n) is 10.3. The van der Waals surface area contributed by atoms with Crippen LogP contribution in [-0.4, -0.2) is 41.3 Å². The van der Waals surface area contributed by atoms with Crippen LogP contribution in [0.1, 0.15) is 37.8 Å². The highest BCUT2D eigenvalue weighted by molar-refractivity contribution is 9.10. The van der Waals surface area contributed by atoms with Crippen LogP contribution in [0.4, 0.5) is 4.79 Å². The number of fused-ring (bicyclic) bond motifs is 1. The van der Waals surface area contributed by atoms with E-state index >= 15 is 0 Å². The number of benzene rings is 1. The maximum absolute atomic E-state index is 12.1. The molecule has 154 valence electrons. The Labute approximate surface area is 180 Å². The molecule has 1 amide bonds. The molecule has 0 saturated carbocycles. The average molecular weight is 459 g/mol. The topological polar surface area (TPSA) is 51.7 Å². The predicted octanol–water partition coefficient (Wildman–Crippen LogP) is 5.38. The first-order valence-corrected chi connectivity index (χ1v) is 11.1. The molecule has 2 aliphatic rings. The normalized spacial score (nSPS) is 19.2. The number of amides is 1. The van der Waals surface area contributed by atoms with E-state index in [1.54, 1.807) is 0 Å². The number of aromatic nitrogens is 1. The van der Waals surface area contributed by atoms with Gasteiger partial charge in [0, 0.05) is 35.7 Å². The van der Waals surface area contributed by atoms with Crippen molar-refractivity contribution in [3.05, 3.63) is 46.1 Å². The number of piperidine rings is 1. The molecule has 0 aliphatic carbocycles. The van der Waals surface area contributed by atoms with Crippen LogP contribution < -0.4 is 4.74 Å². The minimum absolute atomic E-state index is 0.0778. The maximum atomic E-state index is 12.1. The Kier molecular flexibility index (Phi) is 5.81. The number of aryl methyl sites for hydroxylation is 1. The van der Waals surface area contributed by atoms with E-state index in [-0.39, 0.29) is 18.3 Å². The summed E-state index contributed by atoms with van der Waals surface area (Å²) in [4.78, 5) is 18.5. The Balaban J connectivity index is 1.40. The van der Waals surface area contributed by atoms with Crippen LogP contribution in [0, 0.1) is 12.8 Å². The molecular weight excluding hydrogens is 432 g/mol. The Bertz CT molecular complexity index is 907. The van der Waals surface area contributed by atoms with E-state index in [2.05, 4.69) is 52.1 Å². The van der Waals surface area contributed by atoms with Crippen LogP contribution in [-0.2, 0) is 11.2 Å². The fraction of sp³-hybridized carbons (Fsp3) is 0.478. The lowest BCUT2D eigenvalue weighted by Gasteiger charge is -2.34. The molecule has 1 atom stereocenters. The fourth-order valence-electron chi connectivity index (χ4n) is 4.26. The third kappa shape index (κ3) is 4.42. The highest BCUT2D eigenvalue weighted by Crippen LogP contribution is 2.38. The number of ether oxygens (including phenoxy) is 2. The fourth-order valence-corrected chi connectivity index (χ4v) is 4.70. The molecular formula is C23H27BrN2O3. The lowest BCUT2D eigenvalue weighted by atomic mass is 9.89. The van der Waals surface area contributed by atoms with Gasteiger partial charge in [0.1, 0.15) is 11.9 Å². The Morgan fingerprint density at radius 3 is 2.72 bits per heavy atom. The second kappa shape index (κ2) is 8.34. The molecule has 0 spiro atoms. The summed E-state index contributed by atoms with van der Waals surface area (Å²) in [6.07, 6.45) is 4.56. The predicted molar refractivity (Wildman–Crippen MR) is 116 cm³/mol. The Hall–Kier alpha value is -2.08. The molecule has 1 unspecified atom stereocenters. The number of rotatable bonds is 3. The standard InChI is InChI=1S/C23H27BrN2O3/c1-14(2)28-23(27)26-8-6-16(7-9-26)21-12-18-11-17(4-5-20(18)29-21)22-15(3)10-19(24)13-25-22/h4-5,10-11,13-14,16,21H,6-9,12H2,1-3H3. The molecule has 2 aliphatic heterocycles. The Morgan fingerprint density at radius 1 is 1.28 bits per heavy atom. The first-order chi connectivity index (χ1) is 13.9. The number of halogens is 1. The second-order valence-corrected chi connectivity index (χ2v) is 9.17. The molecule has 5 nitrogen and oxygen atoms in total. The monoisotopic (exact) mass is 458 g/mol. The average Bonchev–Trinajstić information content (AvgIpc) is 3.11. The van der Waals surface area contributed by atoms with E-state index in [9.17, 15) is 4.79 Å². The van der Waals surface area contributed by atoms with Gasteiger partial charge in [-0.05, 0) is 90.9 Å². The molecule has 6 heteroatoms. The summed E-state index contributed by atoms with van der Waals surface area (Å²) in [6, 6.07) is 8.47. The molecule has 1 saturated heterocycles. The second-order valence-electron chi connectivity index (χ2n) is 8.26. The van der Waals surface area contributed by atoms with Crippen molar-refractivity contribution in [2.75, 3.05) is 13.1 Å². The summed E-state index contributed by atoms with van der Waals surface area (Å²) in [7, 11) is 0. The highest BCUT2D eigenvalue weighted by Gasteiger charge is 2.34. The van der Waals surface area contributed by atoms with Gasteiger partial charge in [0.15, 0.2) is 0 Å². The SMILES string of the molecule is Cc1cc(Br)cnc1-c1ccc2c(c1)CC(C1CCN(C(=O)OC(C)C)CC1)O2. The van der Waals surface area contributed by atoms with Crippen LogP contribution >= 0.6 is 15.9 Å². The van der Waals surface area contributed by atoms with Crippen LogP contribution in [0.15, 0.2) is 34.9 Å². The van der Waals surface area contributed by atoms with Gasteiger partial charge < -0.3 is 14.4 Å². The van der Waals surface area contributed by atoms with E-state index in [4.69, 9.17) is 9.47 Å². The van der Waals surface area contributed by atoms with Crippen LogP contribution in [0.25, 0.3) is 11.3 Å². The van der Waals surface area contributed by atoms with E-state index in [0.717, 1.165) is 59.4 Å². The molecule has 2 aromatic rings. The van der Waals surface area contributed by atoms with Gasteiger partial charge in [-0.25, -0.2) is 4.79 Å². The van der Waals surface area contributed by atoms with Gasteiger partial charge in [-0.3, -0.25) is 4.98 Å². The summed E-state index contributed by atoms with van der Waals surface area (Å²) in [5.41, 5.74) is 4.54. The lowest BCUT2D eigenvalue weighted by molar-refractivity contribution is 0.0503. The van der Waals surface area contributed by atoms with Crippen molar-refractivity contribution in [2.45, 2.75) is 52.2 Å². The van der Waals surface area contributed by atoms with Gasteiger partial charge in [-0.1, -0.05) is 0 Å². The summed E-state index contributed by atoms with van der Waals surface area (Å²) in [5.74, 6) is 1.44. The number of pyridine rings is 1. The van der Waals surface area contributed by atoms with Gasteiger partial charge in [0.05, 0.1) is 11.8 Å². The van der Waals surface area contributed by atoms with Gasteiger partial charge in [0.25, 0.3) is 0 Å². The molecule has 3 heterocycles. The molecule has 0 bridgehead atoms. The van der Waals surface area contributed by atoms with Gasteiger partial charge in [-0.15, -0.1) is 0 Å². The third-order valence-electron chi connectivity index (χ3n) is 5.74. The zero-order valence-electron chi connectivity index (χ0n) is 17.2. The summed E-state index contributed by atoms with van der Waals surface area (Å²) in [5, 5.41) is 0. The molecule has 0 radical (unpaired) electrons. The van der Waals surface area contributed by atoms with E-state index in [1.807, 2.05) is 24.9 Å². The van der Waals surface area contributed by atoms with Crippen molar-refractivity contribution in [1.29, 1.82) is 0 Å². The van der Waals surface area contributed by atoms with Crippen LogP contribution in [0.5, 0.6) is 5.75 Å². The number of hydrogen-bond donors (Lipinski definition) is 0. The van der Waals surface area contributed by atoms with Crippen molar-refractivity contribution in [2.24, 2.45) is 5.92 Å². The molecule has 1 aromatic carbocycles. The first kappa shape index (κ1) is 20.2. The van der Waals surface area contributed by atoms with Crippen LogP contribution in [0.3, 0.4) is 0 Å². The molecule has 0 N–H and O–H groups in total. The third-order valence-corrected chi connectivity index (χ3v) is 6.17. The highest BCUT2D eigenvalue weighted by atomic mass is 79.9. The summed E-state index contributed by atoms with van der Waals surface area (Å²) in [6.45, 7) is 7.32. The lowest BCUT2D eigenvalue weighted by Crippen LogP contribution is -2.43. The van der Waals surface area contributed by atoms with Gasteiger partial charge >= 0.3 is 6.09 Å². The number of carbonyl (C=O) groups is 1. The van der Waals surface area contributed by atoms with E-state index in [1.165, 1.54) is 5.56 Å². The summed E-state index contributed by atoms with van der Waals surface area (Å²) >= 11 is 3.48. The van der Waals surface area contributed by atoms with E-state index < -0.39 is 0 Å². The molecule has 1 aromatic heterocycles. The van der Waals surface area contributed by atoms with Crippen molar-refractivity contribution < 1.29 is 14.3 Å². The van der Waals surface area contributed by atoms with Crippen molar-refractivity contribution in [3.8, 4) is 17.0 Å². The quantitative estimate of drug-likeness (QED) is 0.619. The zero-order valence-corrected chi connectivity index (χ0v) is 18.7. The van der Waals surface area contributed by atoms with Gasteiger partial charge in [-0.2, -0.15) is 0 Å². The molecule has 1 fully saturated rings.